The molecule has 0 unspecified atom stereocenters. The number of carbonyl (C=O) groups excluding carboxylic acids is 3. The van der Waals surface area contributed by atoms with Crippen molar-refractivity contribution < 1.29 is 19.1 Å². The van der Waals surface area contributed by atoms with Crippen molar-refractivity contribution in [3.8, 4) is 0 Å². The molecule has 0 spiro atoms. The summed E-state index contributed by atoms with van der Waals surface area (Å²) in [5.74, 6) is -1.07. The van der Waals surface area contributed by atoms with Gasteiger partial charge in [-0.1, -0.05) is 60.7 Å². The Balaban J connectivity index is 1.67. The van der Waals surface area contributed by atoms with Gasteiger partial charge in [0.25, 0.3) is 0 Å². The lowest BCUT2D eigenvalue weighted by atomic mass is 10.1. The molecule has 2 aromatic carbocycles. The molecule has 0 saturated carbocycles. The van der Waals surface area contributed by atoms with E-state index in [2.05, 4.69) is 0 Å². The normalized spacial score (nSPS) is 13.6. The molecule has 1 heterocycles. The number of benzene rings is 2. The first-order valence-corrected chi connectivity index (χ1v) is 10.2. The Morgan fingerprint density at radius 2 is 1.27 bits per heavy atom. The van der Waals surface area contributed by atoms with E-state index in [0.29, 0.717) is 45.9 Å². The van der Waals surface area contributed by atoms with Gasteiger partial charge in [0.05, 0.1) is 6.61 Å². The van der Waals surface area contributed by atoms with Gasteiger partial charge in [0.15, 0.2) is 0 Å². The lowest BCUT2D eigenvalue weighted by Gasteiger charge is -2.34. The number of rotatable bonds is 5. The zero-order valence-electron chi connectivity index (χ0n) is 17.2. The maximum absolute atomic E-state index is 13.1. The number of hydrogen-bond donors (Lipinski definition) is 0. The molecule has 1 fully saturated rings. The van der Waals surface area contributed by atoms with E-state index in [0.717, 1.165) is 11.1 Å². The Kier molecular flexibility index (Phi) is 7.43. The number of ether oxygens (including phenoxy) is 1. The third-order valence-electron chi connectivity index (χ3n) is 5.00. The summed E-state index contributed by atoms with van der Waals surface area (Å²) in [5, 5.41) is 0. The molecule has 0 bridgehead atoms. The Morgan fingerprint density at radius 1 is 0.800 bits per heavy atom. The molecule has 0 aromatic heterocycles. The molecule has 30 heavy (non-hydrogen) atoms. The molecule has 7 nitrogen and oxygen atoms in total. The SMILES string of the molecule is CCOC(=O)N1CCN(C(=O)C(=O)N(Cc2ccccc2)Cc2ccccc2)CC1. The van der Waals surface area contributed by atoms with Crippen molar-refractivity contribution in [3.05, 3.63) is 71.8 Å². The van der Waals surface area contributed by atoms with E-state index in [1.807, 2.05) is 60.7 Å². The second-order valence-electron chi connectivity index (χ2n) is 7.11. The maximum Gasteiger partial charge on any atom is 0.409 e. The van der Waals surface area contributed by atoms with Crippen LogP contribution in [0.1, 0.15) is 18.1 Å². The molecule has 0 aliphatic carbocycles. The van der Waals surface area contributed by atoms with Gasteiger partial charge in [-0.15, -0.1) is 0 Å². The van der Waals surface area contributed by atoms with E-state index < -0.39 is 11.8 Å². The largest absolute Gasteiger partial charge is 0.450 e. The highest BCUT2D eigenvalue weighted by Gasteiger charge is 2.31. The molecule has 7 heteroatoms. The van der Waals surface area contributed by atoms with Gasteiger partial charge in [0, 0.05) is 39.3 Å². The first kappa shape index (κ1) is 21.4. The Bertz CT molecular complexity index is 808. The lowest BCUT2D eigenvalue weighted by molar-refractivity contribution is -0.153. The summed E-state index contributed by atoms with van der Waals surface area (Å²) in [4.78, 5) is 42.5. The predicted octanol–water partition coefficient (Wildman–Crippen LogP) is 2.52. The summed E-state index contributed by atoms with van der Waals surface area (Å²) in [6, 6.07) is 19.2. The van der Waals surface area contributed by atoms with Crippen LogP contribution in [-0.2, 0) is 27.4 Å². The van der Waals surface area contributed by atoms with Crippen molar-refractivity contribution >= 4 is 17.9 Å². The van der Waals surface area contributed by atoms with Gasteiger partial charge in [-0.2, -0.15) is 0 Å². The topological polar surface area (TPSA) is 70.2 Å². The molecule has 1 saturated heterocycles. The van der Waals surface area contributed by atoms with Gasteiger partial charge in [0.2, 0.25) is 0 Å². The third kappa shape index (κ3) is 5.59. The molecule has 3 amide bonds. The molecule has 2 aromatic rings. The lowest BCUT2D eigenvalue weighted by Crippen LogP contribution is -2.54. The van der Waals surface area contributed by atoms with Crippen LogP contribution in [0, 0.1) is 0 Å². The average molecular weight is 409 g/mol. The Labute approximate surface area is 176 Å². The summed E-state index contributed by atoms with van der Waals surface area (Å²) in [6.07, 6.45) is -0.384. The fraction of sp³-hybridized carbons (Fsp3) is 0.348. The first-order chi connectivity index (χ1) is 14.6. The Hall–Kier alpha value is -3.35. The molecular formula is C23H27N3O4. The van der Waals surface area contributed by atoms with Crippen molar-refractivity contribution in [1.29, 1.82) is 0 Å². The van der Waals surface area contributed by atoms with Crippen LogP contribution in [0.15, 0.2) is 60.7 Å². The van der Waals surface area contributed by atoms with Gasteiger partial charge in [-0.3, -0.25) is 9.59 Å². The van der Waals surface area contributed by atoms with Crippen LogP contribution in [0.5, 0.6) is 0 Å². The van der Waals surface area contributed by atoms with Crippen LogP contribution in [-0.4, -0.2) is 65.4 Å². The van der Waals surface area contributed by atoms with E-state index in [1.54, 1.807) is 16.7 Å². The quantitative estimate of drug-likeness (QED) is 0.712. The fourth-order valence-corrected chi connectivity index (χ4v) is 3.38. The van der Waals surface area contributed by atoms with Gasteiger partial charge in [0.1, 0.15) is 0 Å². The van der Waals surface area contributed by atoms with Crippen LogP contribution >= 0.6 is 0 Å². The third-order valence-corrected chi connectivity index (χ3v) is 5.00. The monoisotopic (exact) mass is 409 g/mol. The number of nitrogens with zero attached hydrogens (tertiary/aromatic N) is 3. The fourth-order valence-electron chi connectivity index (χ4n) is 3.38. The number of carbonyl (C=O) groups is 3. The molecule has 158 valence electrons. The van der Waals surface area contributed by atoms with E-state index in [9.17, 15) is 14.4 Å². The van der Waals surface area contributed by atoms with Crippen LogP contribution in [0.4, 0.5) is 4.79 Å². The zero-order valence-corrected chi connectivity index (χ0v) is 17.2. The number of hydrogen-bond acceptors (Lipinski definition) is 4. The van der Waals surface area contributed by atoms with Crippen LogP contribution in [0.3, 0.4) is 0 Å². The average Bonchev–Trinajstić information content (AvgIpc) is 2.79. The number of piperazine rings is 1. The minimum Gasteiger partial charge on any atom is -0.450 e. The van der Waals surface area contributed by atoms with Gasteiger partial charge in [-0.05, 0) is 18.1 Å². The second-order valence-corrected chi connectivity index (χ2v) is 7.11. The van der Waals surface area contributed by atoms with Gasteiger partial charge in [-0.25, -0.2) is 4.79 Å². The van der Waals surface area contributed by atoms with Crippen molar-refractivity contribution in [2.45, 2.75) is 20.0 Å². The minimum atomic E-state index is -0.537. The van der Waals surface area contributed by atoms with Crippen molar-refractivity contribution in [2.75, 3.05) is 32.8 Å². The zero-order chi connectivity index (χ0) is 21.3. The molecule has 0 N–H and O–H groups in total. The highest BCUT2D eigenvalue weighted by atomic mass is 16.6. The first-order valence-electron chi connectivity index (χ1n) is 10.2. The van der Waals surface area contributed by atoms with E-state index >= 15 is 0 Å². The molecule has 1 aliphatic heterocycles. The summed E-state index contributed by atoms with van der Waals surface area (Å²) in [5.41, 5.74) is 1.92. The number of amides is 3. The van der Waals surface area contributed by atoms with E-state index in [4.69, 9.17) is 4.74 Å². The highest BCUT2D eigenvalue weighted by Crippen LogP contribution is 2.13. The summed E-state index contributed by atoms with van der Waals surface area (Å²) in [7, 11) is 0. The minimum absolute atomic E-state index is 0.310. The van der Waals surface area contributed by atoms with Crippen molar-refractivity contribution in [2.24, 2.45) is 0 Å². The molecule has 0 atom stereocenters. The Morgan fingerprint density at radius 3 is 1.73 bits per heavy atom. The van der Waals surface area contributed by atoms with E-state index in [-0.39, 0.29) is 6.09 Å². The molecule has 1 aliphatic rings. The van der Waals surface area contributed by atoms with Crippen LogP contribution < -0.4 is 0 Å². The van der Waals surface area contributed by atoms with Crippen LogP contribution in [0.25, 0.3) is 0 Å². The highest BCUT2D eigenvalue weighted by molar-refractivity contribution is 6.34. The standard InChI is InChI=1S/C23H27N3O4/c1-2-30-23(29)25-15-13-24(14-16-25)21(27)22(28)26(17-19-9-5-3-6-10-19)18-20-11-7-4-8-12-20/h3-12H,2,13-18H2,1H3. The molecular weight excluding hydrogens is 382 g/mol. The second kappa shape index (κ2) is 10.4. The van der Waals surface area contributed by atoms with Crippen LogP contribution in [0.2, 0.25) is 0 Å². The smallest absolute Gasteiger partial charge is 0.409 e. The molecule has 3 rings (SSSR count). The summed E-state index contributed by atoms with van der Waals surface area (Å²) >= 11 is 0. The maximum atomic E-state index is 13.1. The predicted molar refractivity (Wildman–Crippen MR) is 112 cm³/mol. The van der Waals surface area contributed by atoms with Gasteiger partial charge < -0.3 is 19.4 Å². The van der Waals surface area contributed by atoms with Crippen molar-refractivity contribution in [3.63, 3.8) is 0 Å². The van der Waals surface area contributed by atoms with E-state index in [1.165, 1.54) is 4.90 Å². The van der Waals surface area contributed by atoms with Gasteiger partial charge >= 0.3 is 17.9 Å². The molecule has 0 radical (unpaired) electrons. The van der Waals surface area contributed by atoms with Crippen molar-refractivity contribution in [1.82, 2.24) is 14.7 Å². The summed E-state index contributed by atoms with van der Waals surface area (Å²) < 4.78 is 5.00. The summed E-state index contributed by atoms with van der Waals surface area (Å²) in [6.45, 7) is 4.10.